The summed E-state index contributed by atoms with van der Waals surface area (Å²) in [6.07, 6.45) is -4.53. The standard InChI is InChI=1S/C21H17F3N2O3S/c1-13-6-8-15(9-7-13)19(28)29-11-17-12-30-20(25-17)26(14(2)27)18-5-3-4-16(10-18)21(22,23)24/h3-10,12H,11H2,1-2H3. The van der Waals surface area contributed by atoms with Crippen molar-refractivity contribution in [3.63, 3.8) is 0 Å². The van der Waals surface area contributed by atoms with Gasteiger partial charge in [0.15, 0.2) is 5.13 Å². The predicted octanol–water partition coefficient (Wildman–Crippen LogP) is 5.51. The molecule has 0 unspecified atom stereocenters. The van der Waals surface area contributed by atoms with Gasteiger partial charge in [0.25, 0.3) is 0 Å². The van der Waals surface area contributed by atoms with Crippen LogP contribution < -0.4 is 4.90 Å². The largest absolute Gasteiger partial charge is 0.456 e. The minimum atomic E-state index is -4.53. The second-order valence-electron chi connectivity index (χ2n) is 6.47. The van der Waals surface area contributed by atoms with Gasteiger partial charge in [-0.15, -0.1) is 11.3 Å². The fourth-order valence-electron chi connectivity index (χ4n) is 2.63. The van der Waals surface area contributed by atoms with E-state index >= 15 is 0 Å². The number of nitrogens with zero attached hydrogens (tertiary/aromatic N) is 2. The molecule has 0 saturated heterocycles. The molecule has 0 radical (unpaired) electrons. The fourth-order valence-corrected chi connectivity index (χ4v) is 3.50. The Hall–Kier alpha value is -3.20. The molecule has 3 rings (SSSR count). The first-order valence-corrected chi connectivity index (χ1v) is 9.69. The van der Waals surface area contributed by atoms with Crippen LogP contribution in [-0.2, 0) is 22.3 Å². The van der Waals surface area contributed by atoms with Gasteiger partial charge in [-0.05, 0) is 37.3 Å². The molecule has 0 aliphatic heterocycles. The molecule has 5 nitrogen and oxygen atoms in total. The van der Waals surface area contributed by atoms with E-state index in [4.69, 9.17) is 4.74 Å². The molecule has 0 spiro atoms. The number of benzene rings is 2. The van der Waals surface area contributed by atoms with Crippen LogP contribution in [-0.4, -0.2) is 16.9 Å². The zero-order valence-electron chi connectivity index (χ0n) is 16.1. The van der Waals surface area contributed by atoms with Gasteiger partial charge in [-0.25, -0.2) is 9.78 Å². The van der Waals surface area contributed by atoms with Crippen LogP contribution in [0.15, 0.2) is 53.9 Å². The van der Waals surface area contributed by atoms with E-state index in [-0.39, 0.29) is 17.4 Å². The molecule has 2 aromatic carbocycles. The third kappa shape index (κ3) is 5.04. The monoisotopic (exact) mass is 434 g/mol. The van der Waals surface area contributed by atoms with Gasteiger partial charge < -0.3 is 4.74 Å². The van der Waals surface area contributed by atoms with Crippen molar-refractivity contribution in [1.82, 2.24) is 4.98 Å². The Balaban J connectivity index is 1.76. The Bertz CT molecular complexity index is 1060. The summed E-state index contributed by atoms with van der Waals surface area (Å²) >= 11 is 1.07. The summed E-state index contributed by atoms with van der Waals surface area (Å²) in [7, 11) is 0. The normalized spacial score (nSPS) is 11.2. The number of alkyl halides is 3. The van der Waals surface area contributed by atoms with Gasteiger partial charge in [0.05, 0.1) is 22.5 Å². The van der Waals surface area contributed by atoms with Crippen LogP contribution in [0.25, 0.3) is 0 Å². The van der Waals surface area contributed by atoms with Gasteiger partial charge in [0.1, 0.15) is 6.61 Å². The van der Waals surface area contributed by atoms with Gasteiger partial charge in [-0.2, -0.15) is 13.2 Å². The summed E-state index contributed by atoms with van der Waals surface area (Å²) < 4.78 is 44.3. The Morgan fingerprint density at radius 2 is 1.83 bits per heavy atom. The quantitative estimate of drug-likeness (QED) is 0.497. The van der Waals surface area contributed by atoms with Crippen molar-refractivity contribution >= 4 is 34.0 Å². The first-order chi connectivity index (χ1) is 14.1. The molecule has 9 heteroatoms. The van der Waals surface area contributed by atoms with E-state index in [1.807, 2.05) is 6.92 Å². The molecule has 30 heavy (non-hydrogen) atoms. The molecule has 0 bridgehead atoms. The number of rotatable bonds is 5. The lowest BCUT2D eigenvalue weighted by Gasteiger charge is -2.19. The predicted molar refractivity (Wildman–Crippen MR) is 107 cm³/mol. The van der Waals surface area contributed by atoms with Crippen LogP contribution in [0.5, 0.6) is 0 Å². The summed E-state index contributed by atoms with van der Waals surface area (Å²) in [5, 5.41) is 1.77. The molecule has 0 aliphatic carbocycles. The van der Waals surface area contributed by atoms with E-state index in [0.29, 0.717) is 11.3 Å². The van der Waals surface area contributed by atoms with Crippen LogP contribution in [0, 0.1) is 6.92 Å². The van der Waals surface area contributed by atoms with Crippen LogP contribution >= 0.6 is 11.3 Å². The average Bonchev–Trinajstić information content (AvgIpc) is 3.14. The number of aromatic nitrogens is 1. The average molecular weight is 434 g/mol. The number of thiazole rings is 1. The van der Waals surface area contributed by atoms with Crippen LogP contribution in [0.2, 0.25) is 0 Å². The molecule has 0 N–H and O–H groups in total. The number of ether oxygens (including phenoxy) is 1. The number of aryl methyl sites for hydroxylation is 1. The first-order valence-electron chi connectivity index (χ1n) is 8.81. The highest BCUT2D eigenvalue weighted by molar-refractivity contribution is 7.14. The Kier molecular flexibility index (Phi) is 6.21. The lowest BCUT2D eigenvalue weighted by atomic mass is 10.1. The van der Waals surface area contributed by atoms with Crippen LogP contribution in [0.4, 0.5) is 24.0 Å². The van der Waals surface area contributed by atoms with Crippen molar-refractivity contribution in [2.75, 3.05) is 4.90 Å². The maximum absolute atomic E-state index is 13.0. The first kappa shape index (κ1) is 21.5. The number of halogens is 3. The van der Waals surface area contributed by atoms with Gasteiger partial charge in [0, 0.05) is 12.3 Å². The second-order valence-corrected chi connectivity index (χ2v) is 7.30. The highest BCUT2D eigenvalue weighted by Gasteiger charge is 2.31. The fraction of sp³-hybridized carbons (Fsp3) is 0.190. The minimum Gasteiger partial charge on any atom is -0.456 e. The highest BCUT2D eigenvalue weighted by Crippen LogP contribution is 2.35. The Morgan fingerprint density at radius 3 is 2.47 bits per heavy atom. The van der Waals surface area contributed by atoms with Crippen LogP contribution in [0.1, 0.15) is 34.1 Å². The highest BCUT2D eigenvalue weighted by atomic mass is 32.1. The zero-order chi connectivity index (χ0) is 21.9. The summed E-state index contributed by atoms with van der Waals surface area (Å²) in [5.74, 6) is -1.02. The van der Waals surface area contributed by atoms with E-state index < -0.39 is 23.6 Å². The smallest absolute Gasteiger partial charge is 0.416 e. The van der Waals surface area contributed by atoms with E-state index in [9.17, 15) is 22.8 Å². The van der Waals surface area contributed by atoms with Gasteiger partial charge in [0.2, 0.25) is 5.91 Å². The number of carbonyl (C=O) groups excluding carboxylic acids is 2. The van der Waals surface area contributed by atoms with Crippen molar-refractivity contribution in [2.45, 2.75) is 26.6 Å². The number of hydrogen-bond acceptors (Lipinski definition) is 5. The molecule has 0 aliphatic rings. The van der Waals surface area contributed by atoms with Crippen molar-refractivity contribution in [3.05, 3.63) is 76.3 Å². The Labute approximate surface area is 174 Å². The molecule has 1 heterocycles. The molecule has 1 amide bonds. The van der Waals surface area contributed by atoms with Crippen LogP contribution in [0.3, 0.4) is 0 Å². The van der Waals surface area contributed by atoms with Crippen molar-refractivity contribution in [2.24, 2.45) is 0 Å². The summed E-state index contributed by atoms with van der Waals surface area (Å²) in [6, 6.07) is 11.3. The maximum Gasteiger partial charge on any atom is 0.416 e. The lowest BCUT2D eigenvalue weighted by Crippen LogP contribution is -2.23. The van der Waals surface area contributed by atoms with E-state index in [2.05, 4.69) is 4.98 Å². The third-order valence-corrected chi connectivity index (χ3v) is 4.99. The second kappa shape index (κ2) is 8.66. The van der Waals surface area contributed by atoms with Crippen molar-refractivity contribution in [3.8, 4) is 0 Å². The number of amides is 1. The maximum atomic E-state index is 13.0. The molecular formula is C21H17F3N2O3S. The minimum absolute atomic E-state index is 0.0508. The van der Waals surface area contributed by atoms with E-state index in [1.54, 1.807) is 29.6 Å². The van der Waals surface area contributed by atoms with Crippen molar-refractivity contribution < 1.29 is 27.5 Å². The molecule has 0 saturated carbocycles. The molecule has 1 aromatic heterocycles. The number of esters is 1. The van der Waals surface area contributed by atoms with Gasteiger partial charge in [-0.1, -0.05) is 23.8 Å². The molecule has 0 atom stereocenters. The zero-order valence-corrected chi connectivity index (χ0v) is 16.9. The van der Waals surface area contributed by atoms with Crippen molar-refractivity contribution in [1.29, 1.82) is 0 Å². The third-order valence-electron chi connectivity index (χ3n) is 4.12. The molecule has 3 aromatic rings. The number of hydrogen-bond donors (Lipinski definition) is 0. The number of anilines is 2. The summed E-state index contributed by atoms with van der Waals surface area (Å²) in [5.41, 5.74) is 0.971. The van der Waals surface area contributed by atoms with E-state index in [0.717, 1.165) is 33.9 Å². The summed E-state index contributed by atoms with van der Waals surface area (Å²) in [6.45, 7) is 3.01. The molecule has 156 valence electrons. The van der Waals surface area contributed by atoms with Gasteiger partial charge in [-0.3, -0.25) is 9.69 Å². The molecular weight excluding hydrogens is 417 g/mol. The number of carbonyl (C=O) groups is 2. The topological polar surface area (TPSA) is 59.5 Å². The SMILES string of the molecule is CC(=O)N(c1cccc(C(F)(F)F)c1)c1nc(COC(=O)c2ccc(C)cc2)cs1. The molecule has 0 fully saturated rings. The Morgan fingerprint density at radius 1 is 1.13 bits per heavy atom. The van der Waals surface area contributed by atoms with E-state index in [1.165, 1.54) is 19.1 Å². The lowest BCUT2D eigenvalue weighted by molar-refractivity contribution is -0.137. The van der Waals surface area contributed by atoms with Gasteiger partial charge >= 0.3 is 12.1 Å². The summed E-state index contributed by atoms with van der Waals surface area (Å²) in [4.78, 5) is 29.6.